The molecule has 0 amide bonds. The van der Waals surface area contributed by atoms with E-state index in [1.807, 2.05) is 12.3 Å². The summed E-state index contributed by atoms with van der Waals surface area (Å²) in [5, 5.41) is 0. The molecule has 54 valence electrons. The van der Waals surface area contributed by atoms with Crippen LogP contribution in [0.4, 0.5) is 0 Å². The number of hydrogen-bond donors (Lipinski definition) is 1. The van der Waals surface area contributed by atoms with Crippen LogP contribution in [0.2, 0.25) is 0 Å². The van der Waals surface area contributed by atoms with E-state index < -0.39 is 0 Å². The first-order valence-corrected chi connectivity index (χ1v) is 4.31. The van der Waals surface area contributed by atoms with Gasteiger partial charge in [0.1, 0.15) is 0 Å². The first-order valence-electron chi connectivity index (χ1n) is 3.54. The summed E-state index contributed by atoms with van der Waals surface area (Å²) >= 11 is 1.52. The minimum Gasteiger partial charge on any atom is -0.323 e. The van der Waals surface area contributed by atoms with Crippen LogP contribution in [0.3, 0.4) is 0 Å². The molecule has 10 heavy (non-hydrogen) atoms. The van der Waals surface area contributed by atoms with Crippen LogP contribution in [0.1, 0.15) is 23.8 Å². The average molecular weight is 154 g/mol. The summed E-state index contributed by atoms with van der Waals surface area (Å²) in [7, 11) is 0. The summed E-state index contributed by atoms with van der Waals surface area (Å²) in [6.07, 6.45) is 4.43. The highest BCUT2D eigenvalue weighted by atomic mass is 32.1. The lowest BCUT2D eigenvalue weighted by molar-refractivity contribution is 0.645. The quantitative estimate of drug-likeness (QED) is 0.702. The predicted molar refractivity (Wildman–Crippen MR) is 41.8 cm³/mol. The number of rotatable bonds is 2. The van der Waals surface area contributed by atoms with E-state index in [0.717, 1.165) is 5.92 Å². The number of aromatic nitrogens is 1. The molecule has 3 heteroatoms. The summed E-state index contributed by atoms with van der Waals surface area (Å²) in [5.41, 5.74) is 5.92. The minimum atomic E-state index is 0.271. The Hall–Kier alpha value is -0.410. The molecule has 0 radical (unpaired) electrons. The lowest BCUT2D eigenvalue weighted by Gasteiger charge is -2.04. The van der Waals surface area contributed by atoms with E-state index in [9.17, 15) is 0 Å². The molecule has 2 N–H and O–H groups in total. The third-order valence-electron chi connectivity index (χ3n) is 1.92. The van der Waals surface area contributed by atoms with Crippen LogP contribution < -0.4 is 5.73 Å². The van der Waals surface area contributed by atoms with Crippen molar-refractivity contribution in [1.29, 1.82) is 0 Å². The normalized spacial score (nSPS) is 20.9. The standard InChI is InChI=1S/C7H10N2S/c8-7(5-1-2-5)6-3-4-9-10-6/h3-5,7H,1-2,8H2. The third-order valence-corrected chi connectivity index (χ3v) is 2.76. The van der Waals surface area contributed by atoms with E-state index in [-0.39, 0.29) is 6.04 Å². The van der Waals surface area contributed by atoms with Crippen molar-refractivity contribution in [3.63, 3.8) is 0 Å². The molecule has 1 aromatic rings. The number of nitrogens with two attached hydrogens (primary N) is 1. The van der Waals surface area contributed by atoms with Crippen molar-refractivity contribution in [3.05, 3.63) is 17.1 Å². The zero-order chi connectivity index (χ0) is 6.97. The van der Waals surface area contributed by atoms with E-state index in [0.29, 0.717) is 0 Å². The molecular formula is C7H10N2S. The second-order valence-electron chi connectivity index (χ2n) is 2.78. The zero-order valence-corrected chi connectivity index (χ0v) is 6.47. The van der Waals surface area contributed by atoms with Crippen LogP contribution in [0.15, 0.2) is 12.3 Å². The molecule has 1 saturated carbocycles. The molecule has 0 aromatic carbocycles. The highest BCUT2D eigenvalue weighted by Crippen LogP contribution is 2.40. The maximum absolute atomic E-state index is 5.92. The van der Waals surface area contributed by atoms with Gasteiger partial charge in [0.2, 0.25) is 0 Å². The SMILES string of the molecule is NC(c1ccns1)C1CC1. The molecule has 0 spiro atoms. The van der Waals surface area contributed by atoms with Crippen LogP contribution in [-0.4, -0.2) is 4.37 Å². The Labute approximate surface area is 64.2 Å². The fourth-order valence-corrected chi connectivity index (χ4v) is 1.76. The Kier molecular flexibility index (Phi) is 1.47. The Balaban J connectivity index is 2.11. The summed E-state index contributed by atoms with van der Waals surface area (Å²) in [6, 6.07) is 2.29. The predicted octanol–water partition coefficient (Wildman–Crippen LogP) is 1.55. The molecule has 1 aliphatic rings. The molecule has 0 aliphatic heterocycles. The van der Waals surface area contributed by atoms with Crippen molar-refractivity contribution in [2.75, 3.05) is 0 Å². The summed E-state index contributed by atoms with van der Waals surface area (Å²) in [4.78, 5) is 1.24. The maximum atomic E-state index is 5.92. The van der Waals surface area contributed by atoms with Gasteiger partial charge >= 0.3 is 0 Å². The summed E-state index contributed by atoms with van der Waals surface area (Å²) in [6.45, 7) is 0. The highest BCUT2D eigenvalue weighted by Gasteiger charge is 2.30. The Bertz CT molecular complexity index is 203. The van der Waals surface area contributed by atoms with Gasteiger partial charge in [-0.3, -0.25) is 0 Å². The first kappa shape index (κ1) is 6.31. The second kappa shape index (κ2) is 2.32. The molecule has 2 rings (SSSR count). The molecule has 1 heterocycles. The van der Waals surface area contributed by atoms with E-state index in [1.165, 1.54) is 29.3 Å². The van der Waals surface area contributed by atoms with Crippen LogP contribution in [0.5, 0.6) is 0 Å². The summed E-state index contributed by atoms with van der Waals surface area (Å²) < 4.78 is 4.02. The topological polar surface area (TPSA) is 38.9 Å². The third kappa shape index (κ3) is 1.07. The van der Waals surface area contributed by atoms with E-state index in [4.69, 9.17) is 5.73 Å². The molecular weight excluding hydrogens is 144 g/mol. The lowest BCUT2D eigenvalue weighted by Crippen LogP contribution is -2.10. The van der Waals surface area contributed by atoms with Gasteiger partial charge in [-0.1, -0.05) is 0 Å². The largest absolute Gasteiger partial charge is 0.323 e. The van der Waals surface area contributed by atoms with Crippen molar-refractivity contribution in [2.45, 2.75) is 18.9 Å². The Morgan fingerprint density at radius 2 is 2.50 bits per heavy atom. The molecule has 1 unspecified atom stereocenters. The van der Waals surface area contributed by atoms with Gasteiger partial charge in [-0.2, -0.15) is 0 Å². The van der Waals surface area contributed by atoms with Crippen LogP contribution in [0, 0.1) is 5.92 Å². The van der Waals surface area contributed by atoms with Gasteiger partial charge in [0.05, 0.1) is 0 Å². The monoisotopic (exact) mass is 154 g/mol. The maximum Gasteiger partial charge on any atom is 0.0434 e. The molecule has 2 nitrogen and oxygen atoms in total. The molecule has 1 atom stereocenters. The smallest absolute Gasteiger partial charge is 0.0434 e. The van der Waals surface area contributed by atoms with Gasteiger partial charge in [0, 0.05) is 17.1 Å². The van der Waals surface area contributed by atoms with Crippen molar-refractivity contribution in [2.24, 2.45) is 11.7 Å². The Morgan fingerprint density at radius 1 is 1.70 bits per heavy atom. The number of hydrogen-bond acceptors (Lipinski definition) is 3. The molecule has 1 fully saturated rings. The van der Waals surface area contributed by atoms with Crippen molar-refractivity contribution >= 4 is 11.5 Å². The zero-order valence-electron chi connectivity index (χ0n) is 5.66. The van der Waals surface area contributed by atoms with Gasteiger partial charge in [-0.25, -0.2) is 4.37 Å². The van der Waals surface area contributed by atoms with E-state index in [2.05, 4.69) is 4.37 Å². The Morgan fingerprint density at radius 3 is 3.00 bits per heavy atom. The van der Waals surface area contributed by atoms with Crippen molar-refractivity contribution < 1.29 is 0 Å². The van der Waals surface area contributed by atoms with E-state index >= 15 is 0 Å². The minimum absolute atomic E-state index is 0.271. The first-order chi connectivity index (χ1) is 4.88. The lowest BCUT2D eigenvalue weighted by atomic mass is 10.2. The van der Waals surface area contributed by atoms with Gasteiger partial charge < -0.3 is 5.73 Å². The second-order valence-corrected chi connectivity index (χ2v) is 3.64. The van der Waals surface area contributed by atoms with Crippen LogP contribution in [0.25, 0.3) is 0 Å². The number of nitrogens with zero attached hydrogens (tertiary/aromatic N) is 1. The van der Waals surface area contributed by atoms with Crippen molar-refractivity contribution in [1.82, 2.24) is 4.37 Å². The van der Waals surface area contributed by atoms with Gasteiger partial charge in [-0.05, 0) is 36.4 Å². The fourth-order valence-electron chi connectivity index (χ4n) is 1.09. The van der Waals surface area contributed by atoms with Crippen molar-refractivity contribution in [3.8, 4) is 0 Å². The van der Waals surface area contributed by atoms with Gasteiger partial charge in [0.15, 0.2) is 0 Å². The van der Waals surface area contributed by atoms with Gasteiger partial charge in [-0.15, -0.1) is 0 Å². The molecule has 1 aliphatic carbocycles. The molecule has 1 aromatic heterocycles. The fraction of sp³-hybridized carbons (Fsp3) is 0.571. The molecule has 0 bridgehead atoms. The van der Waals surface area contributed by atoms with Gasteiger partial charge in [0.25, 0.3) is 0 Å². The van der Waals surface area contributed by atoms with Crippen LogP contribution in [-0.2, 0) is 0 Å². The molecule has 0 saturated heterocycles. The van der Waals surface area contributed by atoms with E-state index in [1.54, 1.807) is 0 Å². The van der Waals surface area contributed by atoms with Crippen LogP contribution >= 0.6 is 11.5 Å². The average Bonchev–Trinajstić information content (AvgIpc) is 2.65. The highest BCUT2D eigenvalue weighted by molar-refractivity contribution is 7.05. The summed E-state index contributed by atoms with van der Waals surface area (Å²) in [5.74, 6) is 0.750.